The van der Waals surface area contributed by atoms with Gasteiger partial charge in [0.15, 0.2) is 5.78 Å². The first-order chi connectivity index (χ1) is 10.9. The summed E-state index contributed by atoms with van der Waals surface area (Å²) in [6.45, 7) is 1.44. The molecule has 1 heterocycles. The van der Waals surface area contributed by atoms with Crippen LogP contribution < -0.4 is 10.6 Å². The van der Waals surface area contributed by atoms with Crippen molar-refractivity contribution < 1.29 is 19.1 Å². The Morgan fingerprint density at radius 3 is 2.30 bits per heavy atom. The Bertz CT molecular complexity index is 764. The second-order valence-electron chi connectivity index (χ2n) is 4.93. The number of Topliss-reactive ketones (excluding diaryl/α,β-unsaturated/α-hetero) is 1. The maximum Gasteiger partial charge on any atom is 0.411 e. The summed E-state index contributed by atoms with van der Waals surface area (Å²) in [6, 6.07) is 8.18. The van der Waals surface area contributed by atoms with E-state index in [1.165, 1.54) is 20.1 Å². The van der Waals surface area contributed by atoms with Gasteiger partial charge in [-0.3, -0.25) is 14.9 Å². The standard InChI is InChI=1S/C16H17N3O4/c1-10(20)11-7-14(19(2)9-11)15(21)17-12-5-4-6-13(8-12)18-16(22)23-3/h4-9H,1-3H3,(H,17,21)(H,18,22). The van der Waals surface area contributed by atoms with Gasteiger partial charge in [0.25, 0.3) is 5.91 Å². The number of methoxy groups -OCH3 is 1. The van der Waals surface area contributed by atoms with E-state index in [1.54, 1.807) is 42.1 Å². The number of aromatic nitrogens is 1. The SMILES string of the molecule is COC(=O)Nc1cccc(NC(=O)c2cc(C(C)=O)cn2C)c1. The van der Waals surface area contributed by atoms with E-state index in [4.69, 9.17) is 0 Å². The van der Waals surface area contributed by atoms with Gasteiger partial charge in [0.1, 0.15) is 5.69 Å². The minimum absolute atomic E-state index is 0.107. The molecule has 1 aromatic carbocycles. The first kappa shape index (κ1) is 16.3. The van der Waals surface area contributed by atoms with Gasteiger partial charge in [-0.25, -0.2) is 4.79 Å². The van der Waals surface area contributed by atoms with E-state index >= 15 is 0 Å². The zero-order valence-corrected chi connectivity index (χ0v) is 13.0. The molecule has 120 valence electrons. The topological polar surface area (TPSA) is 89.4 Å². The lowest BCUT2D eigenvalue weighted by molar-refractivity contribution is 0.101. The average Bonchev–Trinajstić information content (AvgIpc) is 2.90. The summed E-state index contributed by atoms with van der Waals surface area (Å²) in [5, 5.41) is 5.23. The molecule has 0 aliphatic carbocycles. The number of carbonyl (C=O) groups excluding carboxylic acids is 3. The zero-order valence-electron chi connectivity index (χ0n) is 13.0. The molecule has 0 aliphatic heterocycles. The number of hydrogen-bond donors (Lipinski definition) is 2. The lowest BCUT2D eigenvalue weighted by Gasteiger charge is -2.08. The molecule has 0 saturated heterocycles. The third-order valence-corrected chi connectivity index (χ3v) is 3.20. The highest BCUT2D eigenvalue weighted by Gasteiger charge is 2.14. The van der Waals surface area contributed by atoms with Crippen molar-refractivity contribution in [1.82, 2.24) is 4.57 Å². The number of ketones is 1. The Morgan fingerprint density at radius 1 is 1.09 bits per heavy atom. The second kappa shape index (κ2) is 6.78. The number of ether oxygens (including phenoxy) is 1. The lowest BCUT2D eigenvalue weighted by atomic mass is 10.2. The van der Waals surface area contributed by atoms with Crippen LogP contribution in [0.1, 0.15) is 27.8 Å². The number of benzene rings is 1. The van der Waals surface area contributed by atoms with E-state index in [9.17, 15) is 14.4 Å². The van der Waals surface area contributed by atoms with Gasteiger partial charge in [0, 0.05) is 30.2 Å². The fourth-order valence-electron chi connectivity index (χ4n) is 2.02. The van der Waals surface area contributed by atoms with E-state index in [2.05, 4.69) is 15.4 Å². The summed E-state index contributed by atoms with van der Waals surface area (Å²) < 4.78 is 6.10. The Labute approximate surface area is 133 Å². The molecule has 0 atom stereocenters. The molecule has 0 radical (unpaired) electrons. The zero-order chi connectivity index (χ0) is 17.0. The predicted octanol–water partition coefficient (Wildman–Crippen LogP) is 2.66. The normalized spacial score (nSPS) is 10.0. The van der Waals surface area contributed by atoms with Gasteiger partial charge in [-0.15, -0.1) is 0 Å². The Balaban J connectivity index is 2.15. The average molecular weight is 315 g/mol. The fourth-order valence-corrected chi connectivity index (χ4v) is 2.02. The molecule has 0 unspecified atom stereocenters. The van der Waals surface area contributed by atoms with Gasteiger partial charge < -0.3 is 14.6 Å². The minimum Gasteiger partial charge on any atom is -0.453 e. The van der Waals surface area contributed by atoms with Gasteiger partial charge in [-0.05, 0) is 31.2 Å². The van der Waals surface area contributed by atoms with Crippen molar-refractivity contribution in [2.45, 2.75) is 6.92 Å². The molecule has 0 aliphatic rings. The smallest absolute Gasteiger partial charge is 0.411 e. The van der Waals surface area contributed by atoms with Crippen LogP contribution in [0.25, 0.3) is 0 Å². The van der Waals surface area contributed by atoms with Crippen LogP contribution in [0.15, 0.2) is 36.5 Å². The van der Waals surface area contributed by atoms with Crippen molar-refractivity contribution in [3.63, 3.8) is 0 Å². The first-order valence-corrected chi connectivity index (χ1v) is 6.84. The van der Waals surface area contributed by atoms with Gasteiger partial charge in [-0.2, -0.15) is 0 Å². The molecule has 7 heteroatoms. The Morgan fingerprint density at radius 2 is 1.74 bits per heavy atom. The number of aryl methyl sites for hydroxylation is 1. The maximum atomic E-state index is 12.3. The van der Waals surface area contributed by atoms with Crippen LogP contribution in [0.4, 0.5) is 16.2 Å². The first-order valence-electron chi connectivity index (χ1n) is 6.84. The molecule has 7 nitrogen and oxygen atoms in total. The summed E-state index contributed by atoms with van der Waals surface area (Å²) in [5.41, 5.74) is 1.83. The Kier molecular flexibility index (Phi) is 4.80. The Hall–Kier alpha value is -3.09. The number of carbonyl (C=O) groups is 3. The van der Waals surface area contributed by atoms with Gasteiger partial charge >= 0.3 is 6.09 Å². The van der Waals surface area contributed by atoms with Crippen LogP contribution in [-0.4, -0.2) is 29.5 Å². The number of nitrogens with zero attached hydrogens (tertiary/aromatic N) is 1. The fraction of sp³-hybridized carbons (Fsp3) is 0.188. The van der Waals surface area contributed by atoms with Gasteiger partial charge in [0.05, 0.1) is 7.11 Å². The summed E-state index contributed by atoms with van der Waals surface area (Å²) in [7, 11) is 2.96. The monoisotopic (exact) mass is 315 g/mol. The quantitative estimate of drug-likeness (QED) is 0.849. The molecule has 0 fully saturated rings. The molecule has 2 N–H and O–H groups in total. The predicted molar refractivity (Wildman–Crippen MR) is 85.8 cm³/mol. The summed E-state index contributed by atoms with van der Waals surface area (Å²) in [5.74, 6) is -0.459. The minimum atomic E-state index is -0.595. The molecule has 2 rings (SSSR count). The summed E-state index contributed by atoms with van der Waals surface area (Å²) in [6.07, 6.45) is 1.01. The molecule has 0 bridgehead atoms. The molecule has 0 spiro atoms. The van der Waals surface area contributed by atoms with E-state index in [-0.39, 0.29) is 11.7 Å². The van der Waals surface area contributed by atoms with Crippen LogP contribution in [0.5, 0.6) is 0 Å². The number of hydrogen-bond acceptors (Lipinski definition) is 4. The van der Waals surface area contributed by atoms with Crippen molar-refractivity contribution in [3.05, 3.63) is 47.8 Å². The van der Waals surface area contributed by atoms with Crippen LogP contribution >= 0.6 is 0 Å². The number of anilines is 2. The molecule has 23 heavy (non-hydrogen) atoms. The van der Waals surface area contributed by atoms with Crippen molar-refractivity contribution >= 4 is 29.2 Å². The van der Waals surface area contributed by atoms with Crippen molar-refractivity contribution in [1.29, 1.82) is 0 Å². The highest BCUT2D eigenvalue weighted by Crippen LogP contribution is 2.17. The van der Waals surface area contributed by atoms with E-state index in [0.717, 1.165) is 0 Å². The molecule has 1 aromatic heterocycles. The number of nitrogens with one attached hydrogen (secondary N) is 2. The molecular weight excluding hydrogens is 298 g/mol. The van der Waals surface area contributed by atoms with Gasteiger partial charge in [-0.1, -0.05) is 6.07 Å². The second-order valence-corrected chi connectivity index (χ2v) is 4.93. The largest absolute Gasteiger partial charge is 0.453 e. The van der Waals surface area contributed by atoms with Crippen LogP contribution in [-0.2, 0) is 11.8 Å². The maximum absolute atomic E-state index is 12.3. The van der Waals surface area contributed by atoms with E-state index in [1.807, 2.05) is 0 Å². The summed E-state index contributed by atoms with van der Waals surface area (Å²) in [4.78, 5) is 34.9. The van der Waals surface area contributed by atoms with E-state index in [0.29, 0.717) is 22.6 Å². The van der Waals surface area contributed by atoms with E-state index < -0.39 is 6.09 Å². The molecular formula is C16H17N3O4. The van der Waals surface area contributed by atoms with Crippen molar-refractivity contribution in [3.8, 4) is 0 Å². The van der Waals surface area contributed by atoms with Crippen LogP contribution in [0.2, 0.25) is 0 Å². The molecule has 2 amide bonds. The molecule has 0 saturated carbocycles. The van der Waals surface area contributed by atoms with Crippen LogP contribution in [0.3, 0.4) is 0 Å². The van der Waals surface area contributed by atoms with Crippen molar-refractivity contribution in [2.24, 2.45) is 7.05 Å². The number of amides is 2. The van der Waals surface area contributed by atoms with Crippen molar-refractivity contribution in [2.75, 3.05) is 17.7 Å². The highest BCUT2D eigenvalue weighted by atomic mass is 16.5. The number of rotatable bonds is 4. The third-order valence-electron chi connectivity index (χ3n) is 3.20. The highest BCUT2D eigenvalue weighted by molar-refractivity contribution is 6.05. The van der Waals surface area contributed by atoms with Gasteiger partial charge in [0.2, 0.25) is 0 Å². The summed E-state index contributed by atoms with van der Waals surface area (Å²) >= 11 is 0. The molecule has 2 aromatic rings. The third kappa shape index (κ3) is 3.97. The lowest BCUT2D eigenvalue weighted by Crippen LogP contribution is -2.16. The van der Waals surface area contributed by atoms with Crippen LogP contribution in [0, 0.1) is 0 Å².